The molecule has 0 heterocycles. The van der Waals surface area contributed by atoms with Gasteiger partial charge in [-0.15, -0.1) is 0 Å². The average molecular weight is 270 g/mol. The predicted octanol–water partition coefficient (Wildman–Crippen LogP) is 5.01. The highest BCUT2D eigenvalue weighted by Crippen LogP contribution is 2.58. The van der Waals surface area contributed by atoms with Crippen molar-refractivity contribution in [2.45, 2.75) is 51.9 Å². The summed E-state index contributed by atoms with van der Waals surface area (Å²) in [6, 6.07) is 0. The first-order chi connectivity index (χ1) is 9.71. The van der Waals surface area contributed by atoms with Crippen LogP contribution in [0.1, 0.15) is 51.9 Å². The Kier molecular flexibility index (Phi) is 2.87. The normalized spacial score (nSPS) is 42.7. The highest BCUT2D eigenvalue weighted by molar-refractivity contribution is 5.33. The lowest BCUT2D eigenvalue weighted by Crippen LogP contribution is -2.41. The highest BCUT2D eigenvalue weighted by atomic mass is 16.5. The molecular formula is C19H26O. The molecule has 0 spiro atoms. The van der Waals surface area contributed by atoms with E-state index in [2.05, 4.69) is 25.2 Å². The van der Waals surface area contributed by atoms with E-state index in [1.165, 1.54) is 37.9 Å². The monoisotopic (exact) mass is 270 g/mol. The van der Waals surface area contributed by atoms with Gasteiger partial charge in [-0.1, -0.05) is 30.2 Å². The number of fused-ring (bicyclic) bond motifs is 4. The van der Waals surface area contributed by atoms with Crippen LogP contribution in [0.25, 0.3) is 0 Å². The van der Waals surface area contributed by atoms with Gasteiger partial charge in [0.05, 0.1) is 12.9 Å². The van der Waals surface area contributed by atoms with E-state index >= 15 is 0 Å². The number of methoxy groups -OCH3 is 1. The third-order valence-electron chi connectivity index (χ3n) is 6.64. The first-order valence-electron chi connectivity index (χ1n) is 8.33. The standard InChI is InChI=1S/C19H26O/c1-19-10-3-4-18(19)17-7-5-13-12-14(20-2)6-8-15(13)16(17)9-11-19/h3,6,10,16-18H,4-5,7-9,11-12H2,1-2H3/t16-,17-,18+,19+/m1/s1. The van der Waals surface area contributed by atoms with Crippen molar-refractivity contribution >= 4 is 0 Å². The number of hydrogen-bond acceptors (Lipinski definition) is 1. The van der Waals surface area contributed by atoms with E-state index < -0.39 is 0 Å². The molecule has 0 bridgehead atoms. The summed E-state index contributed by atoms with van der Waals surface area (Å²) in [6.45, 7) is 2.51. The summed E-state index contributed by atoms with van der Waals surface area (Å²) in [5.74, 6) is 3.94. The zero-order valence-corrected chi connectivity index (χ0v) is 12.8. The Morgan fingerprint density at radius 1 is 1.30 bits per heavy atom. The molecule has 0 unspecified atom stereocenters. The van der Waals surface area contributed by atoms with Crippen molar-refractivity contribution in [3.63, 3.8) is 0 Å². The topological polar surface area (TPSA) is 9.23 Å². The Morgan fingerprint density at radius 3 is 3.05 bits per heavy atom. The van der Waals surface area contributed by atoms with E-state index in [1.54, 1.807) is 11.1 Å². The summed E-state index contributed by atoms with van der Waals surface area (Å²) < 4.78 is 5.48. The fourth-order valence-electron chi connectivity index (χ4n) is 5.53. The highest BCUT2D eigenvalue weighted by Gasteiger charge is 2.48. The molecule has 1 fully saturated rings. The maximum atomic E-state index is 5.48. The summed E-state index contributed by atoms with van der Waals surface area (Å²) in [6.07, 6.45) is 16.5. The fraction of sp³-hybridized carbons (Fsp3) is 0.684. The third-order valence-corrected chi connectivity index (χ3v) is 6.64. The molecule has 4 aliphatic carbocycles. The Hall–Kier alpha value is -0.980. The minimum atomic E-state index is 0.515. The Morgan fingerprint density at radius 2 is 2.20 bits per heavy atom. The number of rotatable bonds is 1. The summed E-state index contributed by atoms with van der Waals surface area (Å²) in [5, 5.41) is 0. The molecule has 0 aromatic rings. The van der Waals surface area contributed by atoms with Crippen LogP contribution in [-0.2, 0) is 4.74 Å². The maximum Gasteiger partial charge on any atom is 0.0959 e. The van der Waals surface area contributed by atoms with E-state index in [9.17, 15) is 0 Å². The van der Waals surface area contributed by atoms with Gasteiger partial charge in [0.25, 0.3) is 0 Å². The largest absolute Gasteiger partial charge is 0.501 e. The van der Waals surface area contributed by atoms with E-state index in [0.717, 1.165) is 30.6 Å². The molecule has 4 atom stereocenters. The average Bonchev–Trinajstić information content (AvgIpc) is 2.88. The van der Waals surface area contributed by atoms with E-state index in [4.69, 9.17) is 4.74 Å². The molecule has 0 saturated heterocycles. The molecular weight excluding hydrogens is 244 g/mol. The van der Waals surface area contributed by atoms with Crippen LogP contribution in [0.15, 0.2) is 35.1 Å². The van der Waals surface area contributed by atoms with Gasteiger partial charge in [-0.3, -0.25) is 0 Å². The molecule has 0 aromatic carbocycles. The Bertz CT molecular complexity index is 510. The van der Waals surface area contributed by atoms with Crippen LogP contribution in [0.5, 0.6) is 0 Å². The van der Waals surface area contributed by atoms with Gasteiger partial charge in [-0.2, -0.15) is 0 Å². The van der Waals surface area contributed by atoms with Crippen molar-refractivity contribution in [2.75, 3.05) is 7.11 Å². The number of allylic oxidation sites excluding steroid dienone is 5. The van der Waals surface area contributed by atoms with Crippen molar-refractivity contribution < 1.29 is 4.74 Å². The molecule has 4 rings (SSSR count). The van der Waals surface area contributed by atoms with Gasteiger partial charge >= 0.3 is 0 Å². The van der Waals surface area contributed by atoms with Crippen molar-refractivity contribution in [1.82, 2.24) is 0 Å². The van der Waals surface area contributed by atoms with E-state index in [-0.39, 0.29) is 0 Å². The van der Waals surface area contributed by atoms with Crippen molar-refractivity contribution in [1.29, 1.82) is 0 Å². The molecule has 1 saturated carbocycles. The van der Waals surface area contributed by atoms with Gasteiger partial charge in [0.1, 0.15) is 0 Å². The van der Waals surface area contributed by atoms with Crippen LogP contribution in [0.4, 0.5) is 0 Å². The molecule has 0 aliphatic heterocycles. The lowest BCUT2D eigenvalue weighted by molar-refractivity contribution is 0.0627. The van der Waals surface area contributed by atoms with Gasteiger partial charge in [0, 0.05) is 6.42 Å². The molecule has 0 amide bonds. The van der Waals surface area contributed by atoms with Gasteiger partial charge < -0.3 is 4.74 Å². The lowest BCUT2D eigenvalue weighted by atomic mass is 9.55. The predicted molar refractivity (Wildman–Crippen MR) is 82.2 cm³/mol. The second-order valence-corrected chi connectivity index (χ2v) is 7.48. The molecule has 4 aliphatic rings. The van der Waals surface area contributed by atoms with Crippen LogP contribution in [-0.4, -0.2) is 7.11 Å². The minimum absolute atomic E-state index is 0.515. The van der Waals surface area contributed by atoms with Crippen LogP contribution in [0.2, 0.25) is 0 Å². The quantitative estimate of drug-likeness (QED) is 0.609. The molecule has 108 valence electrons. The van der Waals surface area contributed by atoms with Gasteiger partial charge in [0.15, 0.2) is 0 Å². The summed E-state index contributed by atoms with van der Waals surface area (Å²) in [4.78, 5) is 0. The molecule has 0 radical (unpaired) electrons. The Balaban J connectivity index is 1.61. The number of hydrogen-bond donors (Lipinski definition) is 0. The van der Waals surface area contributed by atoms with Crippen LogP contribution >= 0.6 is 0 Å². The van der Waals surface area contributed by atoms with Crippen LogP contribution in [0, 0.1) is 23.2 Å². The summed E-state index contributed by atoms with van der Waals surface area (Å²) >= 11 is 0. The fourth-order valence-corrected chi connectivity index (χ4v) is 5.53. The number of ether oxygens (including phenoxy) is 1. The molecule has 0 N–H and O–H groups in total. The molecule has 1 heteroatoms. The van der Waals surface area contributed by atoms with Crippen LogP contribution in [0.3, 0.4) is 0 Å². The summed E-state index contributed by atoms with van der Waals surface area (Å²) in [7, 11) is 1.82. The SMILES string of the molecule is COC1=CCC2=C(CC[C@@H]3[C@@H]2CC[C@]2(C)C=CC[C@@H]32)C1. The summed E-state index contributed by atoms with van der Waals surface area (Å²) in [5.41, 5.74) is 4.04. The van der Waals surface area contributed by atoms with Crippen molar-refractivity contribution in [3.05, 3.63) is 35.1 Å². The first kappa shape index (κ1) is 12.7. The second kappa shape index (κ2) is 4.51. The molecule has 1 nitrogen and oxygen atoms in total. The zero-order valence-electron chi connectivity index (χ0n) is 12.8. The maximum absolute atomic E-state index is 5.48. The van der Waals surface area contributed by atoms with Gasteiger partial charge in [0.2, 0.25) is 0 Å². The molecule has 20 heavy (non-hydrogen) atoms. The van der Waals surface area contributed by atoms with Crippen LogP contribution < -0.4 is 0 Å². The lowest BCUT2D eigenvalue weighted by Gasteiger charge is -2.50. The van der Waals surface area contributed by atoms with E-state index in [0.29, 0.717) is 5.41 Å². The van der Waals surface area contributed by atoms with E-state index in [1.807, 2.05) is 7.11 Å². The van der Waals surface area contributed by atoms with Crippen molar-refractivity contribution in [2.24, 2.45) is 23.2 Å². The minimum Gasteiger partial charge on any atom is -0.501 e. The Labute approximate surface area is 122 Å². The second-order valence-electron chi connectivity index (χ2n) is 7.48. The third kappa shape index (κ3) is 1.75. The molecule has 0 aromatic heterocycles. The van der Waals surface area contributed by atoms with Crippen molar-refractivity contribution in [3.8, 4) is 0 Å². The zero-order chi connectivity index (χ0) is 13.7. The first-order valence-corrected chi connectivity index (χ1v) is 8.33. The smallest absolute Gasteiger partial charge is 0.0959 e. The van der Waals surface area contributed by atoms with Gasteiger partial charge in [-0.05, 0) is 67.8 Å². The van der Waals surface area contributed by atoms with Gasteiger partial charge in [-0.25, -0.2) is 0 Å².